The average molecular weight is 333 g/mol. The zero-order chi connectivity index (χ0) is 14.0. The quantitative estimate of drug-likeness (QED) is 0.877. The Morgan fingerprint density at radius 1 is 1.26 bits per heavy atom. The van der Waals surface area contributed by atoms with E-state index in [4.69, 9.17) is 0 Å². The van der Waals surface area contributed by atoms with Gasteiger partial charge in [0.2, 0.25) is 0 Å². The van der Waals surface area contributed by atoms with Gasteiger partial charge in [0.15, 0.2) is 0 Å². The van der Waals surface area contributed by atoms with E-state index in [1.807, 2.05) is 24.3 Å². The van der Waals surface area contributed by atoms with Crippen LogP contribution in [0, 0.1) is 0 Å². The largest absolute Gasteiger partial charge is 0.391 e. The highest BCUT2D eigenvalue weighted by Gasteiger charge is 2.30. The SMILES string of the molecule is CC(CC(F)(F)F)Nc1nccc2c(Br)cccc12. The predicted molar refractivity (Wildman–Crippen MR) is 73.2 cm³/mol. The fourth-order valence-electron chi connectivity index (χ4n) is 1.92. The minimum absolute atomic E-state index is 0.468. The van der Waals surface area contributed by atoms with E-state index in [0.29, 0.717) is 5.82 Å². The van der Waals surface area contributed by atoms with Crippen molar-refractivity contribution in [3.05, 3.63) is 34.9 Å². The number of nitrogens with zero attached hydrogens (tertiary/aromatic N) is 1. The summed E-state index contributed by atoms with van der Waals surface area (Å²) in [6.07, 6.45) is -3.49. The second kappa shape index (κ2) is 5.36. The lowest BCUT2D eigenvalue weighted by molar-refractivity contribution is -0.136. The van der Waals surface area contributed by atoms with Crippen molar-refractivity contribution in [1.29, 1.82) is 0 Å². The molecule has 2 aromatic rings. The van der Waals surface area contributed by atoms with Crippen LogP contribution in [0.5, 0.6) is 0 Å². The Morgan fingerprint density at radius 3 is 2.68 bits per heavy atom. The van der Waals surface area contributed by atoms with Crippen LogP contribution < -0.4 is 5.32 Å². The smallest absolute Gasteiger partial charge is 0.367 e. The fraction of sp³-hybridized carbons (Fsp3) is 0.308. The molecule has 2 rings (SSSR count). The van der Waals surface area contributed by atoms with Crippen LogP contribution >= 0.6 is 15.9 Å². The van der Waals surface area contributed by atoms with E-state index >= 15 is 0 Å². The molecule has 1 N–H and O–H groups in total. The summed E-state index contributed by atoms with van der Waals surface area (Å²) in [7, 11) is 0. The molecular formula is C13H12BrF3N2. The summed E-state index contributed by atoms with van der Waals surface area (Å²) in [6, 6.07) is 6.63. The molecule has 1 aromatic heterocycles. The van der Waals surface area contributed by atoms with Crippen molar-refractivity contribution in [2.75, 3.05) is 5.32 Å². The first kappa shape index (κ1) is 14.1. The lowest BCUT2D eigenvalue weighted by Gasteiger charge is -2.17. The Labute approximate surface area is 117 Å². The van der Waals surface area contributed by atoms with Crippen molar-refractivity contribution in [2.24, 2.45) is 0 Å². The van der Waals surface area contributed by atoms with E-state index in [1.165, 1.54) is 6.92 Å². The van der Waals surface area contributed by atoms with Gasteiger partial charge in [-0.3, -0.25) is 0 Å². The molecule has 0 bridgehead atoms. The molecule has 0 saturated carbocycles. The van der Waals surface area contributed by atoms with Gasteiger partial charge in [0.05, 0.1) is 6.42 Å². The van der Waals surface area contributed by atoms with E-state index in [2.05, 4.69) is 26.2 Å². The Balaban J connectivity index is 2.28. The number of fused-ring (bicyclic) bond motifs is 1. The number of pyridine rings is 1. The summed E-state index contributed by atoms with van der Waals surface area (Å²) >= 11 is 3.41. The highest BCUT2D eigenvalue weighted by molar-refractivity contribution is 9.10. The number of halogens is 4. The molecule has 1 unspecified atom stereocenters. The van der Waals surface area contributed by atoms with Gasteiger partial charge in [0.25, 0.3) is 0 Å². The first-order valence-electron chi connectivity index (χ1n) is 5.73. The zero-order valence-electron chi connectivity index (χ0n) is 10.1. The van der Waals surface area contributed by atoms with Gasteiger partial charge in [-0.05, 0) is 19.1 Å². The van der Waals surface area contributed by atoms with Crippen LogP contribution in [0.3, 0.4) is 0 Å². The highest BCUT2D eigenvalue weighted by atomic mass is 79.9. The third kappa shape index (κ3) is 3.59. The standard InChI is InChI=1S/C13H12BrF3N2/c1-8(7-13(15,16)17)19-12-10-3-2-4-11(14)9(10)5-6-18-12/h2-6,8H,7H2,1H3,(H,18,19). The number of nitrogens with one attached hydrogen (secondary N) is 1. The lowest BCUT2D eigenvalue weighted by Crippen LogP contribution is -2.24. The Morgan fingerprint density at radius 2 is 2.00 bits per heavy atom. The first-order chi connectivity index (χ1) is 8.87. The topological polar surface area (TPSA) is 24.9 Å². The second-order valence-corrected chi connectivity index (χ2v) is 5.21. The summed E-state index contributed by atoms with van der Waals surface area (Å²) in [5.41, 5.74) is 0. The third-order valence-corrected chi connectivity index (χ3v) is 3.37. The summed E-state index contributed by atoms with van der Waals surface area (Å²) in [5, 5.41) is 4.53. The van der Waals surface area contributed by atoms with Gasteiger partial charge in [0, 0.05) is 27.5 Å². The van der Waals surface area contributed by atoms with Gasteiger partial charge in [-0.15, -0.1) is 0 Å². The molecule has 0 amide bonds. The molecule has 19 heavy (non-hydrogen) atoms. The molecule has 1 aromatic carbocycles. The van der Waals surface area contributed by atoms with E-state index < -0.39 is 18.6 Å². The van der Waals surface area contributed by atoms with Gasteiger partial charge in [-0.1, -0.05) is 28.1 Å². The molecule has 0 spiro atoms. The van der Waals surface area contributed by atoms with Crippen molar-refractivity contribution in [3.8, 4) is 0 Å². The molecule has 0 aliphatic carbocycles. The van der Waals surface area contributed by atoms with Crippen LogP contribution in [0.4, 0.5) is 19.0 Å². The molecule has 0 aliphatic heterocycles. The number of aromatic nitrogens is 1. The number of hydrogen-bond acceptors (Lipinski definition) is 2. The summed E-state index contributed by atoms with van der Waals surface area (Å²) in [5.74, 6) is 0.468. The number of hydrogen-bond donors (Lipinski definition) is 1. The normalized spacial score (nSPS) is 13.5. The van der Waals surface area contributed by atoms with Crippen LogP contribution in [-0.4, -0.2) is 17.2 Å². The van der Waals surface area contributed by atoms with Crippen molar-refractivity contribution < 1.29 is 13.2 Å². The van der Waals surface area contributed by atoms with Crippen molar-refractivity contribution in [2.45, 2.75) is 25.6 Å². The van der Waals surface area contributed by atoms with E-state index in [-0.39, 0.29) is 0 Å². The number of benzene rings is 1. The molecule has 0 saturated heterocycles. The summed E-state index contributed by atoms with van der Waals surface area (Å²) in [6.45, 7) is 1.49. The molecule has 2 nitrogen and oxygen atoms in total. The van der Waals surface area contributed by atoms with Crippen molar-refractivity contribution in [3.63, 3.8) is 0 Å². The van der Waals surface area contributed by atoms with E-state index in [1.54, 1.807) is 6.20 Å². The zero-order valence-corrected chi connectivity index (χ0v) is 11.7. The van der Waals surface area contributed by atoms with Gasteiger partial charge >= 0.3 is 6.18 Å². The third-order valence-electron chi connectivity index (χ3n) is 2.67. The molecule has 0 fully saturated rings. The average Bonchev–Trinajstić information content (AvgIpc) is 2.28. The number of rotatable bonds is 3. The maximum atomic E-state index is 12.3. The Kier molecular flexibility index (Phi) is 3.99. The van der Waals surface area contributed by atoms with Crippen LogP contribution in [0.15, 0.2) is 34.9 Å². The van der Waals surface area contributed by atoms with E-state index in [9.17, 15) is 13.2 Å². The number of anilines is 1. The van der Waals surface area contributed by atoms with Crippen LogP contribution in [0.25, 0.3) is 10.8 Å². The van der Waals surface area contributed by atoms with Gasteiger partial charge in [-0.2, -0.15) is 13.2 Å². The molecule has 1 atom stereocenters. The minimum atomic E-state index is -4.18. The lowest BCUT2D eigenvalue weighted by atomic mass is 10.1. The Bertz CT molecular complexity index is 584. The van der Waals surface area contributed by atoms with Crippen molar-refractivity contribution in [1.82, 2.24) is 4.98 Å². The Hall–Kier alpha value is -1.30. The van der Waals surface area contributed by atoms with Crippen LogP contribution in [-0.2, 0) is 0 Å². The molecule has 1 heterocycles. The molecule has 0 radical (unpaired) electrons. The minimum Gasteiger partial charge on any atom is -0.367 e. The predicted octanol–water partition coefficient (Wildman–Crippen LogP) is 4.75. The van der Waals surface area contributed by atoms with Crippen LogP contribution in [0.1, 0.15) is 13.3 Å². The van der Waals surface area contributed by atoms with Crippen molar-refractivity contribution >= 4 is 32.5 Å². The molecular weight excluding hydrogens is 321 g/mol. The maximum absolute atomic E-state index is 12.3. The summed E-state index contributed by atoms with van der Waals surface area (Å²) in [4.78, 5) is 4.12. The highest BCUT2D eigenvalue weighted by Crippen LogP contribution is 2.29. The van der Waals surface area contributed by atoms with Gasteiger partial charge < -0.3 is 5.32 Å². The van der Waals surface area contributed by atoms with Gasteiger partial charge in [-0.25, -0.2) is 4.98 Å². The van der Waals surface area contributed by atoms with Crippen LogP contribution in [0.2, 0.25) is 0 Å². The number of alkyl halides is 3. The first-order valence-corrected chi connectivity index (χ1v) is 6.52. The molecule has 0 aliphatic rings. The fourth-order valence-corrected chi connectivity index (χ4v) is 2.41. The molecule has 6 heteroatoms. The monoisotopic (exact) mass is 332 g/mol. The van der Waals surface area contributed by atoms with E-state index in [0.717, 1.165) is 15.2 Å². The maximum Gasteiger partial charge on any atom is 0.391 e. The molecule has 102 valence electrons. The van der Waals surface area contributed by atoms with Gasteiger partial charge in [0.1, 0.15) is 5.82 Å². The second-order valence-electron chi connectivity index (χ2n) is 4.36. The summed E-state index contributed by atoms with van der Waals surface area (Å²) < 4.78 is 37.8.